The quantitative estimate of drug-likeness (QED) is 0.288. The van der Waals surface area contributed by atoms with Crippen LogP contribution in [0.15, 0.2) is 0 Å². The van der Waals surface area contributed by atoms with Gasteiger partial charge in [0.15, 0.2) is 0 Å². The van der Waals surface area contributed by atoms with E-state index in [1.165, 1.54) is 83.5 Å². The predicted octanol–water partition coefficient (Wildman–Crippen LogP) is 7.37. The van der Waals surface area contributed by atoms with Gasteiger partial charge in [0.05, 0.1) is 0 Å². The normalized spacial score (nSPS) is 14.5. The van der Waals surface area contributed by atoms with Gasteiger partial charge >= 0.3 is 0 Å². The van der Waals surface area contributed by atoms with Gasteiger partial charge in [-0.15, -0.1) is 0 Å². The molecular weight excluding hydrogens is 228 g/mol. The summed E-state index contributed by atoms with van der Waals surface area (Å²) in [7, 11) is 0. The summed E-state index contributed by atoms with van der Waals surface area (Å²) in [6.07, 6.45) is 18.7. The van der Waals surface area contributed by atoms with E-state index in [0.717, 1.165) is 11.8 Å². The molecule has 0 aliphatic carbocycles. The van der Waals surface area contributed by atoms with Crippen LogP contribution in [0.5, 0.6) is 0 Å². The fourth-order valence-electron chi connectivity index (χ4n) is 2.94. The summed E-state index contributed by atoms with van der Waals surface area (Å²) in [5.74, 6) is 1.92. The van der Waals surface area contributed by atoms with Crippen molar-refractivity contribution in [2.75, 3.05) is 0 Å². The second-order valence-corrected chi connectivity index (χ2v) is 6.84. The largest absolute Gasteiger partial charge is 0.0654 e. The van der Waals surface area contributed by atoms with E-state index in [1.807, 2.05) is 0 Å². The number of rotatable bonds is 14. The van der Waals surface area contributed by atoms with Crippen LogP contribution in [0.4, 0.5) is 0 Å². The van der Waals surface area contributed by atoms with Gasteiger partial charge < -0.3 is 0 Å². The van der Waals surface area contributed by atoms with Crippen LogP contribution in [0.3, 0.4) is 0 Å². The third-order valence-electron chi connectivity index (χ3n) is 4.49. The Kier molecular flexibility index (Phi) is 14.4. The van der Waals surface area contributed by atoms with Crippen LogP contribution in [0.2, 0.25) is 0 Å². The molecule has 0 amide bonds. The monoisotopic (exact) mass is 268 g/mol. The van der Waals surface area contributed by atoms with Gasteiger partial charge in [-0.3, -0.25) is 0 Å². The molecule has 0 N–H and O–H groups in total. The van der Waals surface area contributed by atoms with Crippen LogP contribution >= 0.6 is 0 Å². The van der Waals surface area contributed by atoms with Crippen molar-refractivity contribution < 1.29 is 0 Å². The second kappa shape index (κ2) is 14.4. The fourth-order valence-corrected chi connectivity index (χ4v) is 2.94. The van der Waals surface area contributed by atoms with Gasteiger partial charge in [-0.05, 0) is 11.8 Å². The molecule has 0 fully saturated rings. The number of hydrogen-bond acceptors (Lipinski definition) is 0. The highest BCUT2D eigenvalue weighted by Crippen LogP contribution is 2.21. The maximum Gasteiger partial charge on any atom is -0.0443 e. The van der Waals surface area contributed by atoms with Crippen molar-refractivity contribution in [3.8, 4) is 0 Å². The molecule has 0 spiro atoms. The third-order valence-corrected chi connectivity index (χ3v) is 4.49. The van der Waals surface area contributed by atoms with Gasteiger partial charge in [-0.1, -0.05) is 111 Å². The SMILES string of the molecule is CCCCCCCC(C)CCCC(C)CCCCC. The van der Waals surface area contributed by atoms with E-state index in [9.17, 15) is 0 Å². The molecule has 0 heterocycles. The summed E-state index contributed by atoms with van der Waals surface area (Å²) in [6, 6.07) is 0. The zero-order valence-electron chi connectivity index (χ0n) is 14.3. The average molecular weight is 269 g/mol. The Labute approximate surface area is 123 Å². The average Bonchev–Trinajstić information content (AvgIpc) is 2.39. The van der Waals surface area contributed by atoms with E-state index in [4.69, 9.17) is 0 Å². The van der Waals surface area contributed by atoms with E-state index in [0.29, 0.717) is 0 Å². The summed E-state index contributed by atoms with van der Waals surface area (Å²) < 4.78 is 0. The van der Waals surface area contributed by atoms with E-state index in [-0.39, 0.29) is 0 Å². The molecule has 0 rings (SSSR count). The van der Waals surface area contributed by atoms with Crippen molar-refractivity contribution in [1.82, 2.24) is 0 Å². The Morgan fingerprint density at radius 1 is 0.474 bits per heavy atom. The minimum absolute atomic E-state index is 0.961. The first-order valence-corrected chi connectivity index (χ1v) is 9.20. The van der Waals surface area contributed by atoms with E-state index in [1.54, 1.807) is 0 Å². The topological polar surface area (TPSA) is 0 Å². The molecule has 0 aliphatic heterocycles. The maximum atomic E-state index is 2.46. The lowest BCUT2D eigenvalue weighted by Gasteiger charge is -2.14. The standard InChI is InChI=1S/C19H40/c1-5-7-9-10-12-15-19(4)17-13-16-18(3)14-11-8-6-2/h18-19H,5-17H2,1-4H3. The summed E-state index contributed by atoms with van der Waals surface area (Å²) in [4.78, 5) is 0. The first-order valence-electron chi connectivity index (χ1n) is 9.20. The van der Waals surface area contributed by atoms with Crippen molar-refractivity contribution in [2.45, 2.75) is 111 Å². The molecule has 0 aromatic carbocycles. The van der Waals surface area contributed by atoms with Crippen molar-refractivity contribution in [1.29, 1.82) is 0 Å². The molecule has 116 valence electrons. The predicted molar refractivity (Wildman–Crippen MR) is 89.7 cm³/mol. The van der Waals surface area contributed by atoms with Gasteiger partial charge in [0.1, 0.15) is 0 Å². The zero-order chi connectivity index (χ0) is 14.3. The Morgan fingerprint density at radius 3 is 1.37 bits per heavy atom. The molecule has 0 saturated carbocycles. The Hall–Kier alpha value is 0. The van der Waals surface area contributed by atoms with E-state index >= 15 is 0 Å². The summed E-state index contributed by atoms with van der Waals surface area (Å²) in [6.45, 7) is 9.50. The van der Waals surface area contributed by atoms with Crippen LogP contribution in [-0.4, -0.2) is 0 Å². The minimum atomic E-state index is 0.961. The Morgan fingerprint density at radius 2 is 0.842 bits per heavy atom. The molecule has 0 heteroatoms. The lowest BCUT2D eigenvalue weighted by molar-refractivity contribution is 0.393. The Bertz CT molecular complexity index is 161. The molecule has 0 aliphatic rings. The summed E-state index contributed by atoms with van der Waals surface area (Å²) in [5, 5.41) is 0. The lowest BCUT2D eigenvalue weighted by atomic mass is 9.92. The van der Waals surface area contributed by atoms with Crippen LogP contribution in [0.25, 0.3) is 0 Å². The van der Waals surface area contributed by atoms with Gasteiger partial charge in [-0.2, -0.15) is 0 Å². The van der Waals surface area contributed by atoms with Crippen molar-refractivity contribution >= 4 is 0 Å². The smallest absolute Gasteiger partial charge is 0.0443 e. The minimum Gasteiger partial charge on any atom is -0.0654 e. The first-order chi connectivity index (χ1) is 9.20. The third kappa shape index (κ3) is 14.2. The van der Waals surface area contributed by atoms with Gasteiger partial charge in [0, 0.05) is 0 Å². The highest BCUT2D eigenvalue weighted by molar-refractivity contribution is 4.58. The van der Waals surface area contributed by atoms with Gasteiger partial charge in [0.25, 0.3) is 0 Å². The Balaban J connectivity index is 3.29. The van der Waals surface area contributed by atoms with Crippen molar-refractivity contribution in [2.24, 2.45) is 11.8 Å². The van der Waals surface area contributed by atoms with Crippen LogP contribution in [-0.2, 0) is 0 Å². The lowest BCUT2D eigenvalue weighted by Crippen LogP contribution is -1.99. The summed E-state index contributed by atoms with van der Waals surface area (Å²) >= 11 is 0. The number of unbranched alkanes of at least 4 members (excludes halogenated alkanes) is 6. The van der Waals surface area contributed by atoms with E-state index < -0.39 is 0 Å². The zero-order valence-corrected chi connectivity index (χ0v) is 14.3. The maximum absolute atomic E-state index is 2.46. The molecule has 0 saturated heterocycles. The molecule has 0 aromatic heterocycles. The molecule has 0 radical (unpaired) electrons. The van der Waals surface area contributed by atoms with Crippen LogP contribution in [0.1, 0.15) is 111 Å². The second-order valence-electron chi connectivity index (χ2n) is 6.84. The molecule has 2 atom stereocenters. The molecular formula is C19H40. The van der Waals surface area contributed by atoms with Gasteiger partial charge in [-0.25, -0.2) is 0 Å². The highest BCUT2D eigenvalue weighted by atomic mass is 14.1. The van der Waals surface area contributed by atoms with Crippen molar-refractivity contribution in [3.63, 3.8) is 0 Å². The highest BCUT2D eigenvalue weighted by Gasteiger charge is 2.05. The van der Waals surface area contributed by atoms with Crippen LogP contribution in [0, 0.1) is 11.8 Å². The summed E-state index contributed by atoms with van der Waals surface area (Å²) in [5.41, 5.74) is 0. The van der Waals surface area contributed by atoms with E-state index in [2.05, 4.69) is 27.7 Å². The number of hydrogen-bond donors (Lipinski definition) is 0. The van der Waals surface area contributed by atoms with Crippen LogP contribution < -0.4 is 0 Å². The molecule has 0 aromatic rings. The van der Waals surface area contributed by atoms with Gasteiger partial charge in [0.2, 0.25) is 0 Å². The first kappa shape index (κ1) is 19.0. The molecule has 19 heavy (non-hydrogen) atoms. The fraction of sp³-hybridized carbons (Fsp3) is 1.00. The molecule has 2 unspecified atom stereocenters. The molecule has 0 bridgehead atoms. The van der Waals surface area contributed by atoms with Crippen molar-refractivity contribution in [3.05, 3.63) is 0 Å². The molecule has 0 nitrogen and oxygen atoms in total.